The average molecular weight is 464 g/mol. The van der Waals surface area contributed by atoms with E-state index in [4.69, 9.17) is 4.74 Å². The van der Waals surface area contributed by atoms with Gasteiger partial charge in [-0.15, -0.1) is 11.3 Å². The van der Waals surface area contributed by atoms with Gasteiger partial charge in [-0.25, -0.2) is 8.42 Å². The highest BCUT2D eigenvalue weighted by atomic mass is 32.2. The van der Waals surface area contributed by atoms with Crippen molar-refractivity contribution >= 4 is 27.1 Å². The molecule has 170 valence electrons. The van der Waals surface area contributed by atoms with Crippen molar-refractivity contribution in [1.29, 1.82) is 0 Å². The number of benzene rings is 1. The number of nitrogens with zero attached hydrogens (tertiary/aromatic N) is 1. The highest BCUT2D eigenvalue weighted by Crippen LogP contribution is 2.26. The largest absolute Gasteiger partial charge is 0.494 e. The maximum absolute atomic E-state index is 13.3. The monoisotopic (exact) mass is 463 g/mol. The number of rotatable bonds is 11. The van der Waals surface area contributed by atoms with Gasteiger partial charge in [-0.2, -0.15) is 0 Å². The van der Waals surface area contributed by atoms with Crippen LogP contribution in [0.2, 0.25) is 0 Å². The smallest absolute Gasteiger partial charge is 0.254 e. The Morgan fingerprint density at radius 2 is 1.87 bits per heavy atom. The van der Waals surface area contributed by atoms with E-state index in [0.717, 1.165) is 22.6 Å². The van der Waals surface area contributed by atoms with E-state index >= 15 is 0 Å². The summed E-state index contributed by atoms with van der Waals surface area (Å²) < 4.78 is 29.9. The summed E-state index contributed by atoms with van der Waals surface area (Å²) >= 11 is 1.60. The molecule has 5 nitrogen and oxygen atoms in total. The fraction of sp³-hybridized carbons (Fsp3) is 0.542. The molecule has 1 saturated heterocycles. The van der Waals surface area contributed by atoms with Crippen LogP contribution in [0, 0.1) is 6.92 Å². The third-order valence-corrected chi connectivity index (χ3v) is 8.57. The van der Waals surface area contributed by atoms with Crippen LogP contribution in [0.5, 0.6) is 5.75 Å². The molecule has 1 aromatic heterocycles. The quantitative estimate of drug-likeness (QED) is 0.428. The molecule has 1 aliphatic heterocycles. The van der Waals surface area contributed by atoms with Gasteiger partial charge in [0.1, 0.15) is 5.75 Å². The number of aryl methyl sites for hydroxylation is 1. The van der Waals surface area contributed by atoms with Crippen LogP contribution in [0.15, 0.2) is 35.7 Å². The lowest BCUT2D eigenvalue weighted by molar-refractivity contribution is 0.0683. The topological polar surface area (TPSA) is 63.7 Å². The molecule has 0 bridgehead atoms. The number of carbonyl (C=O) groups is 1. The number of hydrogen-bond donors (Lipinski definition) is 0. The Hall–Kier alpha value is -1.86. The summed E-state index contributed by atoms with van der Waals surface area (Å²) in [4.78, 5) is 16.2. The molecule has 0 spiro atoms. The Morgan fingerprint density at radius 1 is 1.13 bits per heavy atom. The zero-order valence-corrected chi connectivity index (χ0v) is 20.1. The van der Waals surface area contributed by atoms with E-state index in [1.807, 2.05) is 30.5 Å². The molecule has 1 unspecified atom stereocenters. The second-order valence-electron chi connectivity index (χ2n) is 8.30. The van der Waals surface area contributed by atoms with Crippen molar-refractivity contribution in [2.75, 3.05) is 18.1 Å². The van der Waals surface area contributed by atoms with E-state index in [-0.39, 0.29) is 23.5 Å². The first kappa shape index (κ1) is 23.8. The molecular weight excluding hydrogens is 430 g/mol. The maximum Gasteiger partial charge on any atom is 0.254 e. The Bertz CT molecular complexity index is 950. The molecule has 2 aromatic rings. The molecule has 0 N–H and O–H groups in total. The normalized spacial score (nSPS) is 17.5. The molecule has 0 radical (unpaired) electrons. The third kappa shape index (κ3) is 6.81. The summed E-state index contributed by atoms with van der Waals surface area (Å²) in [7, 11) is -3.08. The molecule has 1 atom stereocenters. The van der Waals surface area contributed by atoms with Crippen molar-refractivity contribution in [3.8, 4) is 5.75 Å². The van der Waals surface area contributed by atoms with E-state index in [9.17, 15) is 13.2 Å². The molecule has 31 heavy (non-hydrogen) atoms. The van der Waals surface area contributed by atoms with E-state index < -0.39 is 9.84 Å². The summed E-state index contributed by atoms with van der Waals surface area (Å²) in [6.07, 6.45) is 6.44. The Balaban J connectivity index is 1.65. The summed E-state index contributed by atoms with van der Waals surface area (Å²) in [5.41, 5.74) is 1.69. The summed E-state index contributed by atoms with van der Waals surface area (Å²) in [6, 6.07) is 8.98. The van der Waals surface area contributed by atoms with Gasteiger partial charge in [-0.1, -0.05) is 32.6 Å². The van der Waals surface area contributed by atoms with Crippen LogP contribution in [0.1, 0.15) is 66.2 Å². The third-order valence-electron chi connectivity index (χ3n) is 5.81. The van der Waals surface area contributed by atoms with Crippen LogP contribution in [0.4, 0.5) is 0 Å². The first-order valence-corrected chi connectivity index (χ1v) is 13.9. The van der Waals surface area contributed by atoms with Crippen molar-refractivity contribution in [1.82, 2.24) is 4.90 Å². The molecule has 0 saturated carbocycles. The lowest BCUT2D eigenvalue weighted by Crippen LogP contribution is -2.40. The molecule has 1 amide bonds. The first-order chi connectivity index (χ1) is 14.9. The molecule has 2 heterocycles. The second kappa shape index (κ2) is 11.1. The highest BCUT2D eigenvalue weighted by molar-refractivity contribution is 7.91. The molecule has 1 fully saturated rings. The predicted octanol–water partition coefficient (Wildman–Crippen LogP) is 5.24. The fourth-order valence-electron chi connectivity index (χ4n) is 3.86. The zero-order valence-electron chi connectivity index (χ0n) is 18.5. The Labute approximate surface area is 190 Å². The maximum atomic E-state index is 13.3. The van der Waals surface area contributed by atoms with E-state index in [2.05, 4.69) is 6.92 Å². The van der Waals surface area contributed by atoms with Crippen molar-refractivity contribution < 1.29 is 17.9 Å². The van der Waals surface area contributed by atoms with Gasteiger partial charge in [0.2, 0.25) is 0 Å². The van der Waals surface area contributed by atoms with E-state index in [0.29, 0.717) is 25.1 Å². The zero-order chi connectivity index (χ0) is 22.3. The number of hydrogen-bond acceptors (Lipinski definition) is 5. The minimum Gasteiger partial charge on any atom is -0.494 e. The number of amides is 1. The number of ether oxygens (including phenoxy) is 1. The minimum atomic E-state index is -3.08. The molecule has 1 aliphatic rings. The molecular formula is C24H33NO4S2. The van der Waals surface area contributed by atoms with Crippen molar-refractivity contribution in [2.24, 2.45) is 0 Å². The molecule has 7 heteroatoms. The summed E-state index contributed by atoms with van der Waals surface area (Å²) in [5.74, 6) is 0.829. The molecule has 1 aromatic carbocycles. The minimum absolute atomic E-state index is 0.0440. The number of sulfone groups is 1. The van der Waals surface area contributed by atoms with Crippen LogP contribution in [-0.2, 0) is 16.4 Å². The van der Waals surface area contributed by atoms with Crippen LogP contribution in [0.3, 0.4) is 0 Å². The second-order valence-corrected chi connectivity index (χ2v) is 11.5. The summed E-state index contributed by atoms with van der Waals surface area (Å²) in [5, 5.41) is 2.01. The van der Waals surface area contributed by atoms with Crippen LogP contribution >= 0.6 is 11.3 Å². The lowest BCUT2D eigenvalue weighted by atomic mass is 10.1. The van der Waals surface area contributed by atoms with E-state index in [1.165, 1.54) is 25.7 Å². The van der Waals surface area contributed by atoms with Gasteiger partial charge in [-0.05, 0) is 61.0 Å². The standard InChI is InChI=1S/C24H33NO4S2/c1-3-4-5-6-7-14-29-22-10-8-20(9-11-22)24(26)25(17-23-19(2)12-15-30-23)21-13-16-31(27,28)18-21/h8-12,15,21H,3-7,13-14,16-18H2,1-2H3. The average Bonchev–Trinajstić information content (AvgIpc) is 3.33. The Kier molecular flexibility index (Phi) is 8.55. The number of unbranched alkanes of at least 4 members (excludes halogenated alkanes) is 4. The van der Waals surface area contributed by atoms with Gasteiger partial charge in [-0.3, -0.25) is 4.79 Å². The number of thiophene rings is 1. The van der Waals surface area contributed by atoms with Gasteiger partial charge in [0, 0.05) is 16.5 Å². The highest BCUT2D eigenvalue weighted by Gasteiger charge is 2.35. The van der Waals surface area contributed by atoms with Crippen LogP contribution in [-0.4, -0.2) is 43.4 Å². The van der Waals surface area contributed by atoms with Crippen molar-refractivity contribution in [3.63, 3.8) is 0 Å². The molecule has 0 aliphatic carbocycles. The SMILES string of the molecule is CCCCCCCOc1ccc(C(=O)N(Cc2sccc2C)C2CCS(=O)(=O)C2)cc1. The van der Waals surface area contributed by atoms with Crippen molar-refractivity contribution in [2.45, 2.75) is 65.0 Å². The number of carbonyl (C=O) groups excluding carboxylic acids is 1. The lowest BCUT2D eigenvalue weighted by Gasteiger charge is -2.28. The van der Waals surface area contributed by atoms with Gasteiger partial charge < -0.3 is 9.64 Å². The summed E-state index contributed by atoms with van der Waals surface area (Å²) in [6.45, 7) is 5.35. The van der Waals surface area contributed by atoms with E-state index in [1.54, 1.807) is 28.4 Å². The van der Waals surface area contributed by atoms with Crippen LogP contribution in [0.25, 0.3) is 0 Å². The van der Waals surface area contributed by atoms with Crippen LogP contribution < -0.4 is 4.74 Å². The fourth-order valence-corrected chi connectivity index (χ4v) is 6.50. The predicted molar refractivity (Wildman–Crippen MR) is 127 cm³/mol. The van der Waals surface area contributed by atoms with Gasteiger partial charge in [0.15, 0.2) is 9.84 Å². The van der Waals surface area contributed by atoms with Gasteiger partial charge in [0.25, 0.3) is 5.91 Å². The molecule has 3 rings (SSSR count). The van der Waals surface area contributed by atoms with Gasteiger partial charge >= 0.3 is 0 Å². The first-order valence-electron chi connectivity index (χ1n) is 11.2. The van der Waals surface area contributed by atoms with Crippen molar-refractivity contribution in [3.05, 3.63) is 51.7 Å². The van der Waals surface area contributed by atoms with Gasteiger partial charge in [0.05, 0.1) is 24.7 Å². The Morgan fingerprint density at radius 3 is 2.48 bits per heavy atom.